The van der Waals surface area contributed by atoms with Gasteiger partial charge in [-0.15, -0.1) is 23.1 Å². The molecule has 1 atom stereocenters. The molecule has 25 heavy (non-hydrogen) atoms. The minimum Gasteiger partial charge on any atom is -0.349 e. The summed E-state index contributed by atoms with van der Waals surface area (Å²) in [5, 5.41) is 5.94. The molecule has 0 spiro atoms. The number of thiazole rings is 1. The zero-order valence-electron chi connectivity index (χ0n) is 13.7. The van der Waals surface area contributed by atoms with E-state index >= 15 is 0 Å². The van der Waals surface area contributed by atoms with Crippen molar-refractivity contribution in [1.82, 2.24) is 15.2 Å². The Morgan fingerprint density at radius 1 is 1.40 bits per heavy atom. The van der Waals surface area contributed by atoms with Crippen molar-refractivity contribution in [2.24, 2.45) is 0 Å². The van der Waals surface area contributed by atoms with Gasteiger partial charge in [-0.2, -0.15) is 0 Å². The van der Waals surface area contributed by atoms with Crippen LogP contribution in [0.25, 0.3) is 0 Å². The quantitative estimate of drug-likeness (QED) is 0.775. The van der Waals surface area contributed by atoms with Gasteiger partial charge in [-0.25, -0.2) is 4.98 Å². The molecule has 2 aromatic rings. The van der Waals surface area contributed by atoms with Crippen molar-refractivity contribution < 1.29 is 9.59 Å². The zero-order valence-corrected chi connectivity index (χ0v) is 16.9. The third-order valence-corrected chi connectivity index (χ3v) is 6.64. The number of nitrogens with zero attached hydrogens (tertiary/aromatic N) is 2. The molecule has 1 saturated heterocycles. The molecule has 0 radical (unpaired) electrons. The SMILES string of the molecule is CCc1nc(CNC(=O)[C@@H]2CSCN2C(=O)c2ccccc2Br)cs1. The first-order valence-electron chi connectivity index (χ1n) is 7.94. The van der Waals surface area contributed by atoms with Gasteiger partial charge in [0, 0.05) is 15.6 Å². The van der Waals surface area contributed by atoms with Crippen LogP contribution in [-0.4, -0.2) is 39.4 Å². The molecule has 1 N–H and O–H groups in total. The zero-order chi connectivity index (χ0) is 17.8. The fourth-order valence-corrected chi connectivity index (χ4v) is 4.89. The number of aryl methyl sites for hydroxylation is 1. The molecule has 1 aromatic heterocycles. The molecule has 3 rings (SSSR count). The first-order chi connectivity index (χ1) is 12.1. The molecule has 2 amide bonds. The Morgan fingerprint density at radius 2 is 2.20 bits per heavy atom. The molecule has 1 fully saturated rings. The molecule has 0 unspecified atom stereocenters. The molecule has 1 aliphatic heterocycles. The minimum atomic E-state index is -0.450. The highest BCUT2D eigenvalue weighted by atomic mass is 79.9. The molecule has 2 heterocycles. The van der Waals surface area contributed by atoms with E-state index in [2.05, 4.69) is 33.2 Å². The Hall–Kier alpha value is -1.38. The lowest BCUT2D eigenvalue weighted by Gasteiger charge is -2.23. The second kappa shape index (κ2) is 8.33. The van der Waals surface area contributed by atoms with E-state index in [1.165, 1.54) is 0 Å². The lowest BCUT2D eigenvalue weighted by Crippen LogP contribution is -2.47. The van der Waals surface area contributed by atoms with Crippen molar-refractivity contribution in [3.05, 3.63) is 50.4 Å². The Balaban J connectivity index is 1.65. The molecule has 0 saturated carbocycles. The van der Waals surface area contributed by atoms with E-state index in [0.717, 1.165) is 21.6 Å². The number of hydrogen-bond acceptors (Lipinski definition) is 5. The standard InChI is InChI=1S/C17H18BrN3O2S2/c1-2-15-20-11(8-25-15)7-19-16(22)14-9-24-10-21(14)17(23)12-5-3-4-6-13(12)18/h3-6,8,14H,2,7,9-10H2,1H3,(H,19,22)/t14-/m0/s1. The third kappa shape index (κ3) is 4.24. The lowest BCUT2D eigenvalue weighted by molar-refractivity contribution is -0.124. The van der Waals surface area contributed by atoms with E-state index in [1.807, 2.05) is 23.6 Å². The predicted octanol–water partition coefficient (Wildman–Crippen LogP) is 3.30. The van der Waals surface area contributed by atoms with Gasteiger partial charge in [0.05, 0.1) is 28.7 Å². The van der Waals surface area contributed by atoms with Gasteiger partial charge in [0.1, 0.15) is 6.04 Å². The number of halogens is 1. The Labute approximate surface area is 163 Å². The van der Waals surface area contributed by atoms with Gasteiger partial charge in [0.25, 0.3) is 5.91 Å². The van der Waals surface area contributed by atoms with E-state index in [1.54, 1.807) is 34.1 Å². The maximum Gasteiger partial charge on any atom is 0.256 e. The van der Waals surface area contributed by atoms with Crippen LogP contribution in [0.15, 0.2) is 34.1 Å². The molecule has 0 aliphatic carbocycles. The minimum absolute atomic E-state index is 0.125. The summed E-state index contributed by atoms with van der Waals surface area (Å²) in [7, 11) is 0. The van der Waals surface area contributed by atoms with Crippen molar-refractivity contribution in [3.8, 4) is 0 Å². The fraction of sp³-hybridized carbons (Fsp3) is 0.353. The Kier molecular flexibility index (Phi) is 6.14. The van der Waals surface area contributed by atoms with Crippen LogP contribution in [-0.2, 0) is 17.8 Å². The normalized spacial score (nSPS) is 16.9. The second-order valence-electron chi connectivity index (χ2n) is 5.57. The van der Waals surface area contributed by atoms with E-state index in [-0.39, 0.29) is 11.8 Å². The molecule has 5 nitrogen and oxygen atoms in total. The number of thioether (sulfide) groups is 1. The monoisotopic (exact) mass is 439 g/mol. The maximum atomic E-state index is 12.8. The molecule has 1 aliphatic rings. The van der Waals surface area contributed by atoms with Gasteiger partial charge in [-0.05, 0) is 34.5 Å². The van der Waals surface area contributed by atoms with Crippen molar-refractivity contribution in [2.75, 3.05) is 11.6 Å². The van der Waals surface area contributed by atoms with Crippen molar-refractivity contribution >= 4 is 50.8 Å². The maximum absolute atomic E-state index is 12.8. The Morgan fingerprint density at radius 3 is 2.92 bits per heavy atom. The number of carbonyl (C=O) groups is 2. The smallest absolute Gasteiger partial charge is 0.256 e. The highest BCUT2D eigenvalue weighted by molar-refractivity contribution is 9.10. The number of hydrogen-bond donors (Lipinski definition) is 1. The van der Waals surface area contributed by atoms with Crippen LogP contribution in [0.2, 0.25) is 0 Å². The first-order valence-corrected chi connectivity index (χ1v) is 10.8. The molecule has 0 bridgehead atoms. The van der Waals surface area contributed by atoms with Crippen molar-refractivity contribution in [3.63, 3.8) is 0 Å². The summed E-state index contributed by atoms with van der Waals surface area (Å²) < 4.78 is 0.741. The number of amides is 2. The highest BCUT2D eigenvalue weighted by Crippen LogP contribution is 2.26. The van der Waals surface area contributed by atoms with Gasteiger partial charge >= 0.3 is 0 Å². The lowest BCUT2D eigenvalue weighted by atomic mass is 10.1. The van der Waals surface area contributed by atoms with E-state index in [4.69, 9.17) is 0 Å². The predicted molar refractivity (Wildman–Crippen MR) is 105 cm³/mol. The van der Waals surface area contributed by atoms with Crippen LogP contribution in [0.3, 0.4) is 0 Å². The molecule has 1 aromatic carbocycles. The summed E-state index contributed by atoms with van der Waals surface area (Å²) >= 11 is 6.60. The summed E-state index contributed by atoms with van der Waals surface area (Å²) in [6, 6.07) is 6.84. The van der Waals surface area contributed by atoms with Crippen LogP contribution in [0.1, 0.15) is 28.0 Å². The van der Waals surface area contributed by atoms with Gasteiger partial charge in [0.15, 0.2) is 0 Å². The summed E-state index contributed by atoms with van der Waals surface area (Å²) in [5.74, 6) is 0.879. The average Bonchev–Trinajstić information content (AvgIpc) is 3.28. The summed E-state index contributed by atoms with van der Waals surface area (Å²) in [6.45, 7) is 2.45. The number of nitrogens with one attached hydrogen (secondary N) is 1. The second-order valence-corrected chi connectivity index (χ2v) is 8.37. The number of benzene rings is 1. The summed E-state index contributed by atoms with van der Waals surface area (Å²) in [6.07, 6.45) is 0.895. The van der Waals surface area contributed by atoms with Crippen LogP contribution >= 0.6 is 39.0 Å². The van der Waals surface area contributed by atoms with Crippen LogP contribution < -0.4 is 5.32 Å². The van der Waals surface area contributed by atoms with E-state index in [0.29, 0.717) is 23.7 Å². The van der Waals surface area contributed by atoms with E-state index < -0.39 is 6.04 Å². The van der Waals surface area contributed by atoms with Gasteiger partial charge < -0.3 is 10.2 Å². The van der Waals surface area contributed by atoms with Gasteiger partial charge in [-0.3, -0.25) is 9.59 Å². The fourth-order valence-electron chi connectivity index (χ4n) is 2.54. The molecular weight excluding hydrogens is 422 g/mol. The van der Waals surface area contributed by atoms with E-state index in [9.17, 15) is 9.59 Å². The summed E-state index contributed by atoms with van der Waals surface area (Å²) in [4.78, 5) is 31.5. The number of rotatable bonds is 5. The van der Waals surface area contributed by atoms with Crippen LogP contribution in [0.5, 0.6) is 0 Å². The molecule has 132 valence electrons. The van der Waals surface area contributed by atoms with Crippen LogP contribution in [0, 0.1) is 0 Å². The van der Waals surface area contributed by atoms with Gasteiger partial charge in [0.2, 0.25) is 5.91 Å². The largest absolute Gasteiger partial charge is 0.349 e. The molecular formula is C17H18BrN3O2S2. The Bertz CT molecular complexity index is 781. The number of carbonyl (C=O) groups excluding carboxylic acids is 2. The summed E-state index contributed by atoms with van der Waals surface area (Å²) in [5.41, 5.74) is 1.44. The highest BCUT2D eigenvalue weighted by Gasteiger charge is 2.35. The average molecular weight is 440 g/mol. The first kappa shape index (κ1) is 18.4. The number of aromatic nitrogens is 1. The third-order valence-electron chi connectivity index (χ3n) is 3.90. The topological polar surface area (TPSA) is 62.3 Å². The van der Waals surface area contributed by atoms with Crippen molar-refractivity contribution in [2.45, 2.75) is 25.9 Å². The molecule has 8 heteroatoms. The van der Waals surface area contributed by atoms with Gasteiger partial charge in [-0.1, -0.05) is 19.1 Å². The van der Waals surface area contributed by atoms with Crippen LogP contribution in [0.4, 0.5) is 0 Å². The van der Waals surface area contributed by atoms with Crippen molar-refractivity contribution in [1.29, 1.82) is 0 Å².